The Hall–Kier alpha value is -2.83. The summed E-state index contributed by atoms with van der Waals surface area (Å²) in [5, 5.41) is 6.37. The first-order valence-corrected chi connectivity index (χ1v) is 9.09. The Morgan fingerprint density at radius 2 is 1.96 bits per heavy atom. The Morgan fingerprint density at radius 1 is 1.19 bits per heavy atom. The van der Waals surface area contributed by atoms with E-state index in [2.05, 4.69) is 20.2 Å². The quantitative estimate of drug-likeness (QED) is 0.718. The number of carbonyl (C=O) groups is 1. The number of carbonyl (C=O) groups excluding carboxylic acids is 1. The Morgan fingerprint density at radius 3 is 2.74 bits per heavy atom. The number of benzene rings is 2. The van der Waals surface area contributed by atoms with Crippen molar-refractivity contribution in [2.24, 2.45) is 0 Å². The normalized spacial score (nSPS) is 15.8. The zero-order valence-electron chi connectivity index (χ0n) is 14.6. The van der Waals surface area contributed by atoms with Crippen LogP contribution in [0.1, 0.15) is 5.82 Å². The van der Waals surface area contributed by atoms with E-state index in [4.69, 9.17) is 16.3 Å². The van der Waals surface area contributed by atoms with Crippen molar-refractivity contribution in [3.05, 3.63) is 71.6 Å². The molecule has 0 saturated carbocycles. The summed E-state index contributed by atoms with van der Waals surface area (Å²) in [7, 11) is 0. The van der Waals surface area contributed by atoms with Gasteiger partial charge in [-0.25, -0.2) is 9.78 Å². The molecule has 7 heteroatoms. The second kappa shape index (κ2) is 7.82. The largest absolute Gasteiger partial charge is 0.367 e. The Kier molecular flexibility index (Phi) is 5.09. The first-order chi connectivity index (χ1) is 13.2. The van der Waals surface area contributed by atoms with Gasteiger partial charge in [-0.3, -0.25) is 0 Å². The van der Waals surface area contributed by atoms with E-state index in [1.165, 1.54) is 0 Å². The van der Waals surface area contributed by atoms with Gasteiger partial charge in [0, 0.05) is 17.3 Å². The predicted octanol–water partition coefficient (Wildman–Crippen LogP) is 3.92. The van der Waals surface area contributed by atoms with E-state index in [-0.39, 0.29) is 12.1 Å². The maximum Gasteiger partial charge on any atom is 0.319 e. The molecule has 0 saturated heterocycles. The molecule has 27 heavy (non-hydrogen) atoms. The Balaban J connectivity index is 1.39. The van der Waals surface area contributed by atoms with Crippen molar-refractivity contribution in [1.29, 1.82) is 0 Å². The average molecular weight is 383 g/mol. The summed E-state index contributed by atoms with van der Waals surface area (Å²) >= 11 is 5.98. The van der Waals surface area contributed by atoms with E-state index in [1.54, 1.807) is 0 Å². The van der Waals surface area contributed by atoms with Gasteiger partial charge in [0.1, 0.15) is 12.4 Å². The number of hydrogen-bond acceptors (Lipinski definition) is 3. The average Bonchev–Trinajstić information content (AvgIpc) is 3.11. The van der Waals surface area contributed by atoms with Gasteiger partial charge in [0.2, 0.25) is 0 Å². The smallest absolute Gasteiger partial charge is 0.319 e. The highest BCUT2D eigenvalue weighted by atomic mass is 35.5. The van der Waals surface area contributed by atoms with Crippen LogP contribution in [0.2, 0.25) is 5.02 Å². The van der Waals surface area contributed by atoms with E-state index >= 15 is 0 Å². The molecule has 1 atom stereocenters. The van der Waals surface area contributed by atoms with E-state index in [0.29, 0.717) is 24.7 Å². The molecular weight excluding hydrogens is 364 g/mol. The molecule has 2 N–H and O–H groups in total. The van der Waals surface area contributed by atoms with Gasteiger partial charge in [-0.15, -0.1) is 0 Å². The molecule has 0 spiro atoms. The zero-order valence-corrected chi connectivity index (χ0v) is 15.3. The Labute approximate surface area is 162 Å². The molecule has 2 heterocycles. The van der Waals surface area contributed by atoms with Crippen molar-refractivity contribution >= 4 is 23.3 Å². The van der Waals surface area contributed by atoms with Gasteiger partial charge in [0.05, 0.1) is 24.5 Å². The second-order valence-electron chi connectivity index (χ2n) is 6.31. The molecule has 1 aromatic heterocycles. The van der Waals surface area contributed by atoms with Crippen LogP contribution >= 0.6 is 11.6 Å². The summed E-state index contributed by atoms with van der Waals surface area (Å²) in [5.74, 6) is 0.880. The van der Waals surface area contributed by atoms with Gasteiger partial charge in [-0.2, -0.15) is 0 Å². The highest BCUT2D eigenvalue weighted by molar-refractivity contribution is 6.30. The summed E-state index contributed by atoms with van der Waals surface area (Å²) in [6.07, 6.45) is 1.72. The number of ether oxygens (including phenoxy) is 1. The highest BCUT2D eigenvalue weighted by Crippen LogP contribution is 2.26. The number of nitrogens with one attached hydrogen (secondary N) is 2. The minimum absolute atomic E-state index is 0.126. The lowest BCUT2D eigenvalue weighted by Crippen LogP contribution is -2.40. The lowest BCUT2D eigenvalue weighted by Gasteiger charge is -2.26. The van der Waals surface area contributed by atoms with Crippen molar-refractivity contribution < 1.29 is 9.53 Å². The zero-order chi connectivity index (χ0) is 18.6. The van der Waals surface area contributed by atoms with Crippen LogP contribution in [0.3, 0.4) is 0 Å². The van der Waals surface area contributed by atoms with E-state index in [1.807, 2.05) is 60.8 Å². The van der Waals surface area contributed by atoms with E-state index in [0.717, 1.165) is 22.8 Å². The van der Waals surface area contributed by atoms with Crippen LogP contribution < -0.4 is 10.6 Å². The molecule has 0 unspecified atom stereocenters. The van der Waals surface area contributed by atoms with E-state index < -0.39 is 0 Å². The van der Waals surface area contributed by atoms with Crippen molar-refractivity contribution in [1.82, 2.24) is 14.9 Å². The van der Waals surface area contributed by atoms with E-state index in [9.17, 15) is 4.79 Å². The first kappa shape index (κ1) is 17.6. The van der Waals surface area contributed by atoms with Gasteiger partial charge in [-0.1, -0.05) is 41.9 Å². The molecule has 1 aliphatic rings. The highest BCUT2D eigenvalue weighted by Gasteiger charge is 2.23. The fourth-order valence-corrected chi connectivity index (χ4v) is 3.19. The van der Waals surface area contributed by atoms with Crippen LogP contribution in [0.5, 0.6) is 0 Å². The number of halogens is 1. The fourth-order valence-electron chi connectivity index (χ4n) is 3.06. The van der Waals surface area contributed by atoms with Crippen LogP contribution in [0.4, 0.5) is 10.5 Å². The molecule has 4 rings (SSSR count). The molecule has 0 radical (unpaired) electrons. The van der Waals surface area contributed by atoms with Crippen molar-refractivity contribution in [2.75, 3.05) is 11.9 Å². The summed E-state index contributed by atoms with van der Waals surface area (Å²) in [4.78, 5) is 16.5. The number of amides is 2. The fraction of sp³-hybridized carbons (Fsp3) is 0.200. The summed E-state index contributed by atoms with van der Waals surface area (Å²) < 4.78 is 7.96. The molecular formula is C20H19ClN4O2. The number of nitrogens with zero attached hydrogens (tertiary/aromatic N) is 2. The number of fused-ring (bicyclic) bond motifs is 1. The molecule has 0 bridgehead atoms. The van der Waals surface area contributed by atoms with Gasteiger partial charge < -0.3 is 19.9 Å². The van der Waals surface area contributed by atoms with Crippen LogP contribution in [0.15, 0.2) is 60.8 Å². The van der Waals surface area contributed by atoms with Crippen LogP contribution in [0.25, 0.3) is 11.3 Å². The van der Waals surface area contributed by atoms with Crippen molar-refractivity contribution in [3.8, 4) is 11.3 Å². The van der Waals surface area contributed by atoms with Gasteiger partial charge in [-0.05, 0) is 29.8 Å². The number of urea groups is 1. The summed E-state index contributed by atoms with van der Waals surface area (Å²) in [5.41, 5.74) is 2.82. The minimum atomic E-state index is -0.251. The first-order valence-electron chi connectivity index (χ1n) is 8.71. The topological polar surface area (TPSA) is 68.2 Å². The molecule has 6 nitrogen and oxygen atoms in total. The number of hydrogen-bond donors (Lipinski definition) is 2. The van der Waals surface area contributed by atoms with Crippen LogP contribution in [0, 0.1) is 0 Å². The maximum absolute atomic E-state index is 12.1. The van der Waals surface area contributed by atoms with Crippen LogP contribution in [-0.2, 0) is 17.9 Å². The number of imidazole rings is 1. The Bertz CT molecular complexity index is 925. The number of aromatic nitrogens is 2. The molecule has 138 valence electrons. The number of para-hydroxylation sites is 1. The van der Waals surface area contributed by atoms with Gasteiger partial charge >= 0.3 is 6.03 Å². The van der Waals surface area contributed by atoms with Crippen molar-refractivity contribution in [2.45, 2.75) is 19.3 Å². The monoisotopic (exact) mass is 382 g/mol. The summed E-state index contributed by atoms with van der Waals surface area (Å²) in [6, 6.07) is 16.8. The second-order valence-corrected chi connectivity index (χ2v) is 6.75. The molecule has 1 aliphatic heterocycles. The third-order valence-electron chi connectivity index (χ3n) is 4.43. The molecule has 2 amide bonds. The SMILES string of the molecule is O=C(NC[C@H]1Cn2c(-c3ccc(Cl)cc3)cnc2CO1)Nc1ccccc1. The number of anilines is 1. The molecule has 2 aromatic carbocycles. The predicted molar refractivity (Wildman–Crippen MR) is 105 cm³/mol. The van der Waals surface area contributed by atoms with Crippen LogP contribution in [-0.4, -0.2) is 28.2 Å². The number of rotatable bonds is 4. The molecule has 0 aliphatic carbocycles. The maximum atomic E-state index is 12.1. The summed E-state index contributed by atoms with van der Waals surface area (Å²) in [6.45, 7) is 1.45. The van der Waals surface area contributed by atoms with Gasteiger partial charge in [0.25, 0.3) is 0 Å². The lowest BCUT2D eigenvalue weighted by atomic mass is 10.1. The lowest BCUT2D eigenvalue weighted by molar-refractivity contribution is 0.00515. The molecule has 0 fully saturated rings. The third kappa shape index (κ3) is 4.13. The third-order valence-corrected chi connectivity index (χ3v) is 4.69. The van der Waals surface area contributed by atoms with Gasteiger partial charge in [0.15, 0.2) is 0 Å². The standard InChI is InChI=1S/C20H19ClN4O2/c21-15-8-6-14(7-9-15)18-11-22-19-13-27-17(12-25(18)19)10-23-20(26)24-16-4-2-1-3-5-16/h1-9,11,17H,10,12-13H2,(H2,23,24,26)/t17-/m0/s1. The minimum Gasteiger partial charge on any atom is -0.367 e. The molecule has 3 aromatic rings. The van der Waals surface area contributed by atoms with Crippen molar-refractivity contribution in [3.63, 3.8) is 0 Å².